The summed E-state index contributed by atoms with van der Waals surface area (Å²) in [6.45, 7) is 4.15. The average molecular weight is 354 g/mol. The number of carbonyl (C=O) groups is 1. The number of hydrogen-bond donors (Lipinski definition) is 3. The van der Waals surface area contributed by atoms with Crippen LogP contribution in [0.5, 0.6) is 0 Å². The van der Waals surface area contributed by atoms with E-state index in [4.69, 9.17) is 0 Å². The Morgan fingerprint density at radius 2 is 1.88 bits per heavy atom. The molecule has 2 rings (SSSR count). The van der Waals surface area contributed by atoms with Crippen molar-refractivity contribution < 1.29 is 18.5 Å². The largest absolute Gasteiger partial charge is 0.336 e. The van der Waals surface area contributed by atoms with Crippen LogP contribution in [0.4, 0.5) is 5.69 Å². The van der Waals surface area contributed by atoms with Crippen molar-refractivity contribution in [2.24, 2.45) is 0 Å². The van der Waals surface area contributed by atoms with Gasteiger partial charge in [-0.25, -0.2) is 13.1 Å². The molecule has 1 fully saturated rings. The predicted molar refractivity (Wildman–Crippen MR) is 94.2 cm³/mol. The highest BCUT2D eigenvalue weighted by Gasteiger charge is 2.19. The van der Waals surface area contributed by atoms with Crippen LogP contribution in [0.25, 0.3) is 0 Å². The van der Waals surface area contributed by atoms with Crippen LogP contribution in [0.1, 0.15) is 46.0 Å². The van der Waals surface area contributed by atoms with Crippen LogP contribution in [-0.2, 0) is 14.8 Å². The highest BCUT2D eigenvalue weighted by Crippen LogP contribution is 2.15. The highest BCUT2D eigenvalue weighted by atomic mass is 32.2. The van der Waals surface area contributed by atoms with Crippen LogP contribution >= 0.6 is 0 Å². The van der Waals surface area contributed by atoms with E-state index in [1.807, 2.05) is 13.8 Å². The van der Waals surface area contributed by atoms with Crippen molar-refractivity contribution in [3.8, 4) is 0 Å². The third-order valence-electron chi connectivity index (χ3n) is 4.45. The molecule has 1 amide bonds. The summed E-state index contributed by atoms with van der Waals surface area (Å²) >= 11 is 0. The first-order valence-electron chi connectivity index (χ1n) is 8.66. The highest BCUT2D eigenvalue weighted by molar-refractivity contribution is 7.89. The van der Waals surface area contributed by atoms with E-state index in [1.54, 1.807) is 12.1 Å². The zero-order valence-electron chi connectivity index (χ0n) is 14.4. The van der Waals surface area contributed by atoms with E-state index in [1.165, 1.54) is 37.8 Å². The number of benzene rings is 1. The average Bonchev–Trinajstić information content (AvgIpc) is 3.06. The lowest BCUT2D eigenvalue weighted by atomic mass is 10.2. The van der Waals surface area contributed by atoms with Gasteiger partial charge in [0.25, 0.3) is 5.91 Å². The molecule has 0 saturated heterocycles. The third kappa shape index (κ3) is 5.58. The van der Waals surface area contributed by atoms with Gasteiger partial charge in [-0.05, 0) is 63.3 Å². The lowest BCUT2D eigenvalue weighted by Crippen LogP contribution is -2.91. The predicted octanol–water partition coefficient (Wildman–Crippen LogP) is 1.21. The Kier molecular flexibility index (Phi) is 6.77. The second-order valence-corrected chi connectivity index (χ2v) is 8.20. The fourth-order valence-electron chi connectivity index (χ4n) is 2.81. The first kappa shape index (κ1) is 18.9. The van der Waals surface area contributed by atoms with Gasteiger partial charge in [-0.15, -0.1) is 0 Å². The van der Waals surface area contributed by atoms with Gasteiger partial charge < -0.3 is 10.6 Å². The number of quaternary nitrogens is 1. The maximum absolute atomic E-state index is 12.2. The fourth-order valence-corrected chi connectivity index (χ4v) is 4.14. The molecule has 134 valence electrons. The summed E-state index contributed by atoms with van der Waals surface area (Å²) in [7, 11) is -3.51. The Balaban J connectivity index is 1.88. The standard InChI is InChI=1S/C17H27N3O3S/c1-3-13(2)20-24(22,23)16-10-8-15(9-11-16)19-17(21)12-18-14-6-4-5-7-14/h8-11,13-14,18,20H,3-7,12H2,1-2H3,(H,19,21)/p+1/t13-/m1/s1. The van der Waals surface area contributed by atoms with Gasteiger partial charge in [0.05, 0.1) is 10.9 Å². The van der Waals surface area contributed by atoms with E-state index in [0.717, 1.165) is 6.42 Å². The van der Waals surface area contributed by atoms with Gasteiger partial charge in [0.15, 0.2) is 6.54 Å². The molecule has 7 heteroatoms. The van der Waals surface area contributed by atoms with Crippen molar-refractivity contribution in [2.45, 2.75) is 62.9 Å². The van der Waals surface area contributed by atoms with E-state index >= 15 is 0 Å². The Hall–Kier alpha value is -1.44. The zero-order valence-corrected chi connectivity index (χ0v) is 15.2. The van der Waals surface area contributed by atoms with E-state index in [9.17, 15) is 13.2 Å². The SMILES string of the molecule is CC[C@@H](C)NS(=O)(=O)c1ccc(NC(=O)C[NH2+]C2CCCC2)cc1. The van der Waals surface area contributed by atoms with Crippen LogP contribution in [0, 0.1) is 0 Å². The fraction of sp³-hybridized carbons (Fsp3) is 0.588. The topological polar surface area (TPSA) is 91.9 Å². The molecule has 1 atom stereocenters. The second kappa shape index (κ2) is 8.60. The van der Waals surface area contributed by atoms with Gasteiger partial charge in [-0.2, -0.15) is 0 Å². The molecule has 0 radical (unpaired) electrons. The molecule has 1 aliphatic rings. The summed E-state index contributed by atoms with van der Waals surface area (Å²) in [5.41, 5.74) is 0.613. The third-order valence-corrected chi connectivity index (χ3v) is 6.06. The first-order valence-corrected chi connectivity index (χ1v) is 10.1. The Morgan fingerprint density at radius 3 is 2.46 bits per heavy atom. The number of nitrogens with two attached hydrogens (primary N) is 1. The van der Waals surface area contributed by atoms with Crippen molar-refractivity contribution in [3.63, 3.8) is 0 Å². The molecular formula is C17H28N3O3S+. The summed E-state index contributed by atoms with van der Waals surface area (Å²) in [5, 5.41) is 4.91. The summed E-state index contributed by atoms with van der Waals surface area (Å²) in [5.74, 6) is -0.0600. The molecule has 1 aromatic rings. The lowest BCUT2D eigenvalue weighted by molar-refractivity contribution is -0.677. The monoisotopic (exact) mass is 354 g/mol. The number of anilines is 1. The summed E-state index contributed by atoms with van der Waals surface area (Å²) < 4.78 is 27.0. The number of sulfonamides is 1. The van der Waals surface area contributed by atoms with Crippen LogP contribution < -0.4 is 15.4 Å². The minimum absolute atomic E-state index is 0.0600. The number of amides is 1. The van der Waals surface area contributed by atoms with Gasteiger partial charge in [-0.3, -0.25) is 4.79 Å². The van der Waals surface area contributed by atoms with E-state index in [2.05, 4.69) is 15.4 Å². The number of carbonyl (C=O) groups excluding carboxylic acids is 1. The van der Waals surface area contributed by atoms with Crippen molar-refractivity contribution in [1.82, 2.24) is 4.72 Å². The van der Waals surface area contributed by atoms with Crippen LogP contribution in [0.3, 0.4) is 0 Å². The summed E-state index contributed by atoms with van der Waals surface area (Å²) in [6, 6.07) is 6.73. The van der Waals surface area contributed by atoms with Crippen LogP contribution in [0.15, 0.2) is 29.2 Å². The van der Waals surface area contributed by atoms with Crippen LogP contribution in [0.2, 0.25) is 0 Å². The van der Waals surface area contributed by atoms with Crippen molar-refractivity contribution in [1.29, 1.82) is 0 Å². The maximum Gasteiger partial charge on any atom is 0.279 e. The number of nitrogens with one attached hydrogen (secondary N) is 2. The Bertz CT molecular complexity index is 638. The van der Waals surface area contributed by atoms with E-state index in [-0.39, 0.29) is 16.8 Å². The lowest BCUT2D eigenvalue weighted by Gasteiger charge is -2.12. The molecule has 1 aromatic carbocycles. The molecule has 0 spiro atoms. The number of rotatable bonds is 8. The second-order valence-electron chi connectivity index (χ2n) is 6.49. The van der Waals surface area contributed by atoms with Gasteiger partial charge in [0, 0.05) is 11.7 Å². The Labute approximate surface area is 144 Å². The molecule has 0 aliphatic heterocycles. The molecule has 6 nitrogen and oxygen atoms in total. The summed E-state index contributed by atoms with van der Waals surface area (Å²) in [6.07, 6.45) is 5.60. The zero-order chi connectivity index (χ0) is 17.6. The molecule has 1 saturated carbocycles. The van der Waals surface area contributed by atoms with E-state index < -0.39 is 10.0 Å². The van der Waals surface area contributed by atoms with Gasteiger partial charge in [0.2, 0.25) is 10.0 Å². The Morgan fingerprint density at radius 1 is 1.25 bits per heavy atom. The first-order chi connectivity index (χ1) is 11.4. The molecular weight excluding hydrogens is 326 g/mol. The molecule has 1 aliphatic carbocycles. The van der Waals surface area contributed by atoms with E-state index in [0.29, 0.717) is 18.3 Å². The normalized spacial score (nSPS) is 16.9. The minimum Gasteiger partial charge on any atom is -0.336 e. The maximum atomic E-state index is 12.2. The van der Waals surface area contributed by atoms with Crippen LogP contribution in [-0.4, -0.2) is 33.0 Å². The molecule has 0 aromatic heterocycles. The number of hydrogen-bond acceptors (Lipinski definition) is 3. The molecule has 4 N–H and O–H groups in total. The van der Waals surface area contributed by atoms with Gasteiger partial charge >= 0.3 is 0 Å². The molecule has 0 bridgehead atoms. The smallest absolute Gasteiger partial charge is 0.279 e. The van der Waals surface area contributed by atoms with Gasteiger partial charge in [-0.1, -0.05) is 6.92 Å². The van der Waals surface area contributed by atoms with Gasteiger partial charge in [0.1, 0.15) is 0 Å². The molecule has 0 unspecified atom stereocenters. The summed E-state index contributed by atoms with van der Waals surface area (Å²) in [4.78, 5) is 12.2. The molecule has 24 heavy (non-hydrogen) atoms. The van der Waals surface area contributed by atoms with Crippen molar-refractivity contribution in [3.05, 3.63) is 24.3 Å². The molecule has 0 heterocycles. The minimum atomic E-state index is -3.51. The van der Waals surface area contributed by atoms with Crippen molar-refractivity contribution >= 4 is 21.6 Å². The van der Waals surface area contributed by atoms with Crippen molar-refractivity contribution in [2.75, 3.05) is 11.9 Å². The quantitative estimate of drug-likeness (QED) is 0.655.